The summed E-state index contributed by atoms with van der Waals surface area (Å²) in [6, 6.07) is 0. The lowest BCUT2D eigenvalue weighted by Gasteiger charge is -2.20. The first-order valence-corrected chi connectivity index (χ1v) is 5.01. The van der Waals surface area contributed by atoms with Crippen LogP contribution >= 0.6 is 11.8 Å². The van der Waals surface area contributed by atoms with Gasteiger partial charge >= 0.3 is 0 Å². The van der Waals surface area contributed by atoms with Crippen LogP contribution in [0.15, 0.2) is 0 Å². The van der Waals surface area contributed by atoms with Gasteiger partial charge in [-0.25, -0.2) is 0 Å². The smallest absolute Gasteiger partial charge is 0.154 e. The van der Waals surface area contributed by atoms with E-state index in [4.69, 9.17) is 0 Å². The molecule has 2 aliphatic rings. The molecule has 1 aliphatic carbocycles. The lowest BCUT2D eigenvalue weighted by atomic mass is 9.85. The first-order valence-electron chi connectivity index (χ1n) is 3.96. The van der Waals surface area contributed by atoms with Gasteiger partial charge in [-0.1, -0.05) is 0 Å². The molecule has 11 heavy (non-hydrogen) atoms. The van der Waals surface area contributed by atoms with E-state index < -0.39 is 0 Å². The molecule has 0 aromatic carbocycles. The van der Waals surface area contributed by atoms with Gasteiger partial charge in [0.25, 0.3) is 0 Å². The highest BCUT2D eigenvalue weighted by molar-refractivity contribution is 8.01. The highest BCUT2D eigenvalue weighted by Gasteiger charge is 2.41. The standard InChI is InChI=1S/C8H10O2S/c9-5-2-1-3-7-8(5)6(10)4-11-7/h7-8H,1-4H2. The van der Waals surface area contributed by atoms with Crippen LogP contribution in [0.25, 0.3) is 0 Å². The zero-order valence-corrected chi connectivity index (χ0v) is 7.02. The molecule has 1 aliphatic heterocycles. The molecule has 60 valence electrons. The topological polar surface area (TPSA) is 34.1 Å². The summed E-state index contributed by atoms with van der Waals surface area (Å²) in [5.74, 6) is 0.718. The Labute approximate surface area is 69.7 Å². The molecule has 0 radical (unpaired) electrons. The monoisotopic (exact) mass is 170 g/mol. The van der Waals surface area contributed by atoms with Crippen molar-refractivity contribution in [3.05, 3.63) is 0 Å². The van der Waals surface area contributed by atoms with E-state index in [1.165, 1.54) is 0 Å². The zero-order valence-electron chi connectivity index (χ0n) is 6.21. The normalized spacial score (nSPS) is 37.5. The molecule has 2 nitrogen and oxygen atoms in total. The molecule has 2 unspecified atom stereocenters. The first kappa shape index (κ1) is 7.35. The van der Waals surface area contributed by atoms with Gasteiger partial charge in [0, 0.05) is 11.7 Å². The first-order chi connectivity index (χ1) is 5.29. The van der Waals surface area contributed by atoms with Crippen molar-refractivity contribution < 1.29 is 9.59 Å². The van der Waals surface area contributed by atoms with Gasteiger partial charge < -0.3 is 0 Å². The Hall–Kier alpha value is -0.310. The number of thioether (sulfide) groups is 1. The second-order valence-electron chi connectivity index (χ2n) is 3.15. The fourth-order valence-electron chi connectivity index (χ4n) is 1.85. The van der Waals surface area contributed by atoms with Gasteiger partial charge in [-0.3, -0.25) is 9.59 Å². The van der Waals surface area contributed by atoms with Gasteiger partial charge in [-0.2, -0.15) is 0 Å². The average Bonchev–Trinajstić information content (AvgIpc) is 2.34. The summed E-state index contributed by atoms with van der Waals surface area (Å²) in [5, 5.41) is 0.337. The predicted octanol–water partition coefficient (Wildman–Crippen LogP) is 1.04. The molecule has 0 amide bonds. The Bertz CT molecular complexity index is 212. The SMILES string of the molecule is O=C1CCCC2SCC(=O)C12. The molecular formula is C8H10O2S. The van der Waals surface area contributed by atoms with E-state index in [1.54, 1.807) is 11.8 Å². The molecule has 3 heteroatoms. The molecule has 1 saturated carbocycles. The Morgan fingerprint density at radius 2 is 2.09 bits per heavy atom. The summed E-state index contributed by atoms with van der Waals surface area (Å²) in [4.78, 5) is 22.4. The summed E-state index contributed by atoms with van der Waals surface area (Å²) in [6.07, 6.45) is 2.68. The van der Waals surface area contributed by atoms with E-state index in [1.807, 2.05) is 0 Å². The molecule has 0 N–H and O–H groups in total. The van der Waals surface area contributed by atoms with Crippen molar-refractivity contribution >= 4 is 23.3 Å². The number of carbonyl (C=O) groups excluding carboxylic acids is 2. The van der Waals surface area contributed by atoms with Crippen LogP contribution in [0.3, 0.4) is 0 Å². The quantitative estimate of drug-likeness (QED) is 0.509. The van der Waals surface area contributed by atoms with Crippen LogP contribution in [-0.4, -0.2) is 22.6 Å². The lowest BCUT2D eigenvalue weighted by molar-refractivity contribution is -0.131. The van der Waals surface area contributed by atoms with Crippen LogP contribution in [0.1, 0.15) is 19.3 Å². The fraction of sp³-hybridized carbons (Fsp3) is 0.750. The van der Waals surface area contributed by atoms with Crippen molar-refractivity contribution in [2.75, 3.05) is 5.75 Å². The molecule has 1 saturated heterocycles. The van der Waals surface area contributed by atoms with Crippen LogP contribution in [-0.2, 0) is 9.59 Å². The maximum Gasteiger partial charge on any atom is 0.154 e. The third-order valence-corrected chi connectivity index (χ3v) is 3.80. The van der Waals surface area contributed by atoms with E-state index in [2.05, 4.69) is 0 Å². The van der Waals surface area contributed by atoms with Crippen LogP contribution in [0.5, 0.6) is 0 Å². The lowest BCUT2D eigenvalue weighted by Crippen LogP contribution is -2.31. The fourth-order valence-corrected chi connectivity index (χ4v) is 3.24. The maximum atomic E-state index is 11.3. The number of fused-ring (bicyclic) bond motifs is 1. The van der Waals surface area contributed by atoms with Gasteiger partial charge in [-0.15, -0.1) is 11.8 Å². The van der Waals surface area contributed by atoms with Crippen molar-refractivity contribution in [3.8, 4) is 0 Å². The summed E-state index contributed by atoms with van der Waals surface area (Å²) < 4.78 is 0. The largest absolute Gasteiger partial charge is 0.299 e. The van der Waals surface area contributed by atoms with Gasteiger partial charge in [0.15, 0.2) is 5.78 Å². The number of ketones is 2. The van der Waals surface area contributed by atoms with Gasteiger partial charge in [0.1, 0.15) is 5.78 Å². The van der Waals surface area contributed by atoms with Crippen LogP contribution in [0, 0.1) is 5.92 Å². The van der Waals surface area contributed by atoms with Gasteiger partial charge in [0.2, 0.25) is 0 Å². The predicted molar refractivity (Wildman–Crippen MR) is 43.6 cm³/mol. The molecule has 2 atom stereocenters. The minimum absolute atomic E-state index is 0.171. The molecule has 0 aromatic heterocycles. The molecule has 0 spiro atoms. The maximum absolute atomic E-state index is 11.3. The van der Waals surface area contributed by atoms with Gasteiger partial charge in [-0.05, 0) is 12.8 Å². The van der Waals surface area contributed by atoms with Crippen molar-refractivity contribution in [1.82, 2.24) is 0 Å². The highest BCUT2D eigenvalue weighted by Crippen LogP contribution is 2.37. The van der Waals surface area contributed by atoms with Crippen LogP contribution in [0.4, 0.5) is 0 Å². The Morgan fingerprint density at radius 1 is 1.27 bits per heavy atom. The van der Waals surface area contributed by atoms with E-state index >= 15 is 0 Å². The number of Topliss-reactive ketones (excluding diaryl/α,β-unsaturated/α-hetero) is 2. The summed E-state index contributed by atoms with van der Waals surface area (Å²) in [5.41, 5.74) is 0. The third-order valence-electron chi connectivity index (χ3n) is 2.42. The van der Waals surface area contributed by atoms with E-state index in [9.17, 15) is 9.59 Å². The highest BCUT2D eigenvalue weighted by atomic mass is 32.2. The van der Waals surface area contributed by atoms with Gasteiger partial charge in [0.05, 0.1) is 11.7 Å². The van der Waals surface area contributed by atoms with E-state index in [0.717, 1.165) is 12.8 Å². The Balaban J connectivity index is 2.21. The van der Waals surface area contributed by atoms with E-state index in [-0.39, 0.29) is 17.5 Å². The Kier molecular flexibility index (Phi) is 1.75. The van der Waals surface area contributed by atoms with Crippen LogP contribution in [0.2, 0.25) is 0 Å². The summed E-state index contributed by atoms with van der Waals surface area (Å²) in [6.45, 7) is 0. The molecule has 0 bridgehead atoms. The number of carbonyl (C=O) groups is 2. The molecular weight excluding hydrogens is 160 g/mol. The Morgan fingerprint density at radius 3 is 2.82 bits per heavy atom. The molecule has 1 heterocycles. The average molecular weight is 170 g/mol. The second-order valence-corrected chi connectivity index (χ2v) is 4.38. The molecule has 2 fully saturated rings. The zero-order chi connectivity index (χ0) is 7.84. The van der Waals surface area contributed by atoms with E-state index in [0.29, 0.717) is 17.4 Å². The number of hydrogen-bond acceptors (Lipinski definition) is 3. The minimum atomic E-state index is -0.214. The van der Waals surface area contributed by atoms with Crippen molar-refractivity contribution in [3.63, 3.8) is 0 Å². The third kappa shape index (κ3) is 1.11. The summed E-state index contributed by atoms with van der Waals surface area (Å²) in [7, 11) is 0. The molecule has 0 aromatic rings. The van der Waals surface area contributed by atoms with Crippen molar-refractivity contribution in [2.45, 2.75) is 24.5 Å². The van der Waals surface area contributed by atoms with Crippen LogP contribution < -0.4 is 0 Å². The second kappa shape index (κ2) is 2.63. The number of hydrogen-bond donors (Lipinski definition) is 0. The molecule has 2 rings (SSSR count). The summed E-state index contributed by atoms with van der Waals surface area (Å²) >= 11 is 1.67. The minimum Gasteiger partial charge on any atom is -0.299 e. The van der Waals surface area contributed by atoms with Crippen molar-refractivity contribution in [2.24, 2.45) is 5.92 Å². The van der Waals surface area contributed by atoms with Crippen molar-refractivity contribution in [1.29, 1.82) is 0 Å². The number of rotatable bonds is 0.